The van der Waals surface area contributed by atoms with Gasteiger partial charge in [0.15, 0.2) is 0 Å². The molecule has 0 spiro atoms. The van der Waals surface area contributed by atoms with E-state index in [4.69, 9.17) is 0 Å². The zero-order valence-corrected chi connectivity index (χ0v) is 14.5. The molecule has 0 saturated carbocycles. The monoisotopic (exact) mass is 370 g/mol. The summed E-state index contributed by atoms with van der Waals surface area (Å²) in [4.78, 5) is 26.8. The van der Waals surface area contributed by atoms with E-state index in [2.05, 4.69) is 14.8 Å². The Morgan fingerprint density at radius 2 is 2.04 bits per heavy atom. The number of pyridine rings is 1. The first-order valence-corrected chi connectivity index (χ1v) is 8.51. The van der Waals surface area contributed by atoms with Crippen LogP contribution in [0.1, 0.15) is 16.1 Å². The Balaban J connectivity index is 1.76. The van der Waals surface area contributed by atoms with Gasteiger partial charge >= 0.3 is 5.97 Å². The van der Waals surface area contributed by atoms with Gasteiger partial charge in [0, 0.05) is 30.4 Å². The van der Waals surface area contributed by atoms with Crippen LogP contribution in [0.15, 0.2) is 59.9 Å². The van der Waals surface area contributed by atoms with Gasteiger partial charge in [0.05, 0.1) is 33.9 Å². The highest BCUT2D eigenvalue weighted by Crippen LogP contribution is 2.32. The van der Waals surface area contributed by atoms with Crippen LogP contribution in [0, 0.1) is 10.1 Å². The largest absolute Gasteiger partial charge is 0.465 e. The molecule has 0 saturated heterocycles. The minimum atomic E-state index is -0.610. The van der Waals surface area contributed by atoms with Crippen LogP contribution in [-0.4, -0.2) is 32.8 Å². The Morgan fingerprint density at radius 1 is 1.27 bits per heavy atom. The highest BCUT2D eigenvalue weighted by atomic mass is 32.2. The summed E-state index contributed by atoms with van der Waals surface area (Å²) in [5.41, 5.74) is 1.67. The van der Waals surface area contributed by atoms with E-state index in [9.17, 15) is 14.9 Å². The summed E-state index contributed by atoms with van der Waals surface area (Å²) in [5.74, 6) is -0.156. The van der Waals surface area contributed by atoms with Crippen LogP contribution < -0.4 is 0 Å². The fraction of sp³-hybridized carbons (Fsp3) is 0.118. The standard InChI is InChI=1S/C17H14N4O4S/c1-25-17(22)12-2-3-16(15(10-12)21(23)24)26-11-13-6-9-20(19-13)14-4-7-18-8-5-14/h2-10H,11H2,1H3. The van der Waals surface area contributed by atoms with Crippen molar-refractivity contribution in [2.75, 3.05) is 7.11 Å². The first-order valence-electron chi connectivity index (χ1n) is 7.53. The number of carbonyl (C=O) groups is 1. The maximum atomic E-state index is 11.5. The molecule has 0 aliphatic rings. The van der Waals surface area contributed by atoms with Gasteiger partial charge in [-0.15, -0.1) is 11.8 Å². The Bertz CT molecular complexity index is 943. The minimum absolute atomic E-state index is 0.133. The van der Waals surface area contributed by atoms with Gasteiger partial charge in [0.2, 0.25) is 0 Å². The normalized spacial score (nSPS) is 10.5. The van der Waals surface area contributed by atoms with E-state index in [-0.39, 0.29) is 11.3 Å². The number of hydrogen-bond acceptors (Lipinski definition) is 7. The Labute approximate surface area is 153 Å². The van der Waals surface area contributed by atoms with Gasteiger partial charge in [-0.1, -0.05) is 0 Å². The molecule has 0 amide bonds. The van der Waals surface area contributed by atoms with E-state index in [1.807, 2.05) is 24.4 Å². The van der Waals surface area contributed by atoms with Crippen LogP contribution in [0.5, 0.6) is 0 Å². The van der Waals surface area contributed by atoms with Gasteiger partial charge in [0.25, 0.3) is 5.69 Å². The molecule has 0 unspecified atom stereocenters. The van der Waals surface area contributed by atoms with E-state index in [0.29, 0.717) is 10.6 Å². The van der Waals surface area contributed by atoms with E-state index >= 15 is 0 Å². The fourth-order valence-electron chi connectivity index (χ4n) is 2.26. The van der Waals surface area contributed by atoms with Gasteiger partial charge in [-0.2, -0.15) is 5.10 Å². The average Bonchev–Trinajstić information content (AvgIpc) is 3.15. The molecule has 0 fully saturated rings. The summed E-state index contributed by atoms with van der Waals surface area (Å²) in [6.07, 6.45) is 5.18. The maximum Gasteiger partial charge on any atom is 0.338 e. The number of nitrogens with zero attached hydrogens (tertiary/aromatic N) is 4. The summed E-state index contributed by atoms with van der Waals surface area (Å²) >= 11 is 1.28. The van der Waals surface area contributed by atoms with Crippen molar-refractivity contribution in [3.05, 3.63) is 76.4 Å². The zero-order chi connectivity index (χ0) is 18.5. The summed E-state index contributed by atoms with van der Waals surface area (Å²) in [6.45, 7) is 0. The van der Waals surface area contributed by atoms with Gasteiger partial charge < -0.3 is 4.74 Å². The first kappa shape index (κ1) is 17.6. The van der Waals surface area contributed by atoms with Crippen LogP contribution in [0.3, 0.4) is 0 Å². The number of methoxy groups -OCH3 is 1. The van der Waals surface area contributed by atoms with Gasteiger partial charge in [-0.25, -0.2) is 9.48 Å². The smallest absolute Gasteiger partial charge is 0.338 e. The SMILES string of the molecule is COC(=O)c1ccc(SCc2ccn(-c3ccncc3)n2)c([N+](=O)[O-])c1. The molecule has 2 heterocycles. The summed E-state index contributed by atoms with van der Waals surface area (Å²) in [6, 6.07) is 9.80. The predicted octanol–water partition coefficient (Wildman–Crippen LogP) is 3.25. The molecule has 8 nitrogen and oxygen atoms in total. The number of esters is 1. The second kappa shape index (κ2) is 7.79. The molecule has 3 rings (SSSR count). The van der Waals surface area contributed by atoms with E-state index in [1.165, 1.54) is 31.0 Å². The molecule has 0 atom stereocenters. The summed E-state index contributed by atoms with van der Waals surface area (Å²) in [5, 5.41) is 15.8. The number of carbonyl (C=O) groups excluding carboxylic acids is 1. The van der Waals surface area contributed by atoms with Crippen LogP contribution in [0.4, 0.5) is 5.69 Å². The molecule has 2 aromatic heterocycles. The van der Waals surface area contributed by atoms with E-state index < -0.39 is 10.9 Å². The number of rotatable bonds is 6. The van der Waals surface area contributed by atoms with Gasteiger partial charge in [-0.05, 0) is 30.3 Å². The molecule has 0 bridgehead atoms. The molecule has 1 aromatic carbocycles. The third kappa shape index (κ3) is 3.89. The highest BCUT2D eigenvalue weighted by molar-refractivity contribution is 7.98. The number of aromatic nitrogens is 3. The molecule has 0 radical (unpaired) electrons. The third-order valence-corrected chi connectivity index (χ3v) is 4.62. The number of nitro groups is 1. The first-order chi connectivity index (χ1) is 12.6. The summed E-state index contributed by atoms with van der Waals surface area (Å²) < 4.78 is 6.31. The van der Waals surface area contributed by atoms with Crippen LogP contribution >= 0.6 is 11.8 Å². The van der Waals surface area contributed by atoms with Crippen molar-refractivity contribution in [2.45, 2.75) is 10.6 Å². The van der Waals surface area contributed by atoms with Crippen molar-refractivity contribution < 1.29 is 14.5 Å². The molecule has 9 heteroatoms. The molecule has 26 heavy (non-hydrogen) atoms. The van der Waals surface area contributed by atoms with Gasteiger partial charge in [0.1, 0.15) is 0 Å². The Hall–Kier alpha value is -3.20. The lowest BCUT2D eigenvalue weighted by atomic mass is 10.2. The highest BCUT2D eigenvalue weighted by Gasteiger charge is 2.18. The van der Waals surface area contributed by atoms with E-state index in [1.54, 1.807) is 23.1 Å². The topological polar surface area (TPSA) is 100 Å². The molecule has 0 N–H and O–H groups in total. The van der Waals surface area contributed by atoms with Crippen molar-refractivity contribution in [2.24, 2.45) is 0 Å². The second-order valence-electron chi connectivity index (χ2n) is 5.18. The third-order valence-electron chi connectivity index (χ3n) is 3.52. The molecular weight excluding hydrogens is 356 g/mol. The number of hydrogen-bond donors (Lipinski definition) is 0. The Kier molecular flexibility index (Phi) is 5.28. The zero-order valence-electron chi connectivity index (χ0n) is 13.7. The van der Waals surface area contributed by atoms with Crippen molar-refractivity contribution in [1.29, 1.82) is 0 Å². The molecule has 132 valence electrons. The average molecular weight is 370 g/mol. The molecule has 0 aliphatic carbocycles. The van der Waals surface area contributed by atoms with Crippen LogP contribution in [0.2, 0.25) is 0 Å². The fourth-order valence-corrected chi connectivity index (χ4v) is 3.16. The Morgan fingerprint density at radius 3 is 2.73 bits per heavy atom. The number of ether oxygens (including phenoxy) is 1. The maximum absolute atomic E-state index is 11.5. The number of nitro benzene ring substituents is 1. The van der Waals surface area contributed by atoms with Gasteiger partial charge in [-0.3, -0.25) is 15.1 Å². The lowest BCUT2D eigenvalue weighted by Gasteiger charge is -2.04. The van der Waals surface area contributed by atoms with Crippen LogP contribution in [-0.2, 0) is 10.5 Å². The van der Waals surface area contributed by atoms with E-state index in [0.717, 1.165) is 11.4 Å². The van der Waals surface area contributed by atoms with Crippen molar-refractivity contribution in [3.8, 4) is 5.69 Å². The molecule has 3 aromatic rings. The van der Waals surface area contributed by atoms with Crippen molar-refractivity contribution in [3.63, 3.8) is 0 Å². The summed E-state index contributed by atoms with van der Waals surface area (Å²) in [7, 11) is 1.23. The van der Waals surface area contributed by atoms with Crippen molar-refractivity contribution in [1.82, 2.24) is 14.8 Å². The molecule has 0 aliphatic heterocycles. The molecular formula is C17H14N4O4S. The quantitative estimate of drug-likeness (QED) is 0.284. The number of benzene rings is 1. The second-order valence-corrected chi connectivity index (χ2v) is 6.19. The lowest BCUT2D eigenvalue weighted by molar-refractivity contribution is -0.387. The minimum Gasteiger partial charge on any atom is -0.465 e. The lowest BCUT2D eigenvalue weighted by Crippen LogP contribution is -2.02. The van der Waals surface area contributed by atoms with Crippen molar-refractivity contribution >= 4 is 23.4 Å². The predicted molar refractivity (Wildman–Crippen MR) is 95.4 cm³/mol. The van der Waals surface area contributed by atoms with Crippen LogP contribution in [0.25, 0.3) is 5.69 Å². The number of thioether (sulfide) groups is 1.